The molecule has 2 amide bonds. The van der Waals surface area contributed by atoms with Crippen LogP contribution in [0.25, 0.3) is 0 Å². The van der Waals surface area contributed by atoms with Gasteiger partial charge in [0.2, 0.25) is 5.91 Å². The van der Waals surface area contributed by atoms with Crippen LogP contribution in [0.2, 0.25) is 0 Å². The molecule has 0 heterocycles. The van der Waals surface area contributed by atoms with Crippen LogP contribution in [-0.2, 0) is 4.79 Å². The number of rotatable bonds is 6. The monoisotopic (exact) mass is 422 g/mol. The summed E-state index contributed by atoms with van der Waals surface area (Å²) in [5.74, 6) is -0.535. The summed E-state index contributed by atoms with van der Waals surface area (Å²) in [5.41, 5.74) is 2.47. The van der Waals surface area contributed by atoms with Gasteiger partial charge < -0.3 is 10.6 Å². The molecule has 0 atom stereocenters. The minimum atomic E-state index is -0.284. The molecule has 0 radical (unpaired) electrons. The Kier molecular flexibility index (Phi) is 6.39. The van der Waals surface area contributed by atoms with Gasteiger partial charge in [-0.3, -0.25) is 9.59 Å². The van der Waals surface area contributed by atoms with Crippen LogP contribution in [0.3, 0.4) is 0 Å². The van der Waals surface area contributed by atoms with E-state index >= 15 is 0 Å². The largest absolute Gasteiger partial charge is 0.344 e. The van der Waals surface area contributed by atoms with E-state index in [0.717, 1.165) is 15.6 Å². The molecule has 0 bridgehead atoms. The van der Waals surface area contributed by atoms with Crippen LogP contribution in [0.15, 0.2) is 89.4 Å². The standard InChI is InChI=1S/C22H19BrN2O2/c23-19-13-11-18(12-14-19)22(27)24-15-20(26)25-21(16-7-3-1-4-8-16)17-9-5-2-6-10-17/h1-14,21H,15H2,(H,24,27)(H,25,26). The molecule has 136 valence electrons. The number of carbonyl (C=O) groups excluding carboxylic acids is 2. The lowest BCUT2D eigenvalue weighted by Gasteiger charge is -2.20. The van der Waals surface area contributed by atoms with E-state index in [4.69, 9.17) is 0 Å². The maximum absolute atomic E-state index is 12.5. The van der Waals surface area contributed by atoms with Gasteiger partial charge in [-0.15, -0.1) is 0 Å². The van der Waals surface area contributed by atoms with Crippen LogP contribution in [0, 0.1) is 0 Å². The molecule has 0 saturated carbocycles. The second kappa shape index (κ2) is 9.14. The van der Waals surface area contributed by atoms with Crippen molar-refractivity contribution in [3.05, 3.63) is 106 Å². The highest BCUT2D eigenvalue weighted by Crippen LogP contribution is 2.21. The SMILES string of the molecule is O=C(CNC(=O)c1ccc(Br)cc1)NC(c1ccccc1)c1ccccc1. The molecule has 4 nitrogen and oxygen atoms in total. The molecule has 0 aliphatic carbocycles. The van der Waals surface area contributed by atoms with E-state index in [-0.39, 0.29) is 24.4 Å². The van der Waals surface area contributed by atoms with Crippen LogP contribution in [-0.4, -0.2) is 18.4 Å². The van der Waals surface area contributed by atoms with E-state index in [1.807, 2.05) is 60.7 Å². The lowest BCUT2D eigenvalue weighted by molar-refractivity contribution is -0.120. The molecule has 0 unspecified atom stereocenters. The molecule has 0 aliphatic heterocycles. The first-order valence-electron chi connectivity index (χ1n) is 8.56. The number of hydrogen-bond acceptors (Lipinski definition) is 2. The van der Waals surface area contributed by atoms with Gasteiger partial charge in [0.15, 0.2) is 0 Å². The average Bonchev–Trinajstić information content (AvgIpc) is 2.72. The molecular weight excluding hydrogens is 404 g/mol. The van der Waals surface area contributed by atoms with Gasteiger partial charge in [0.25, 0.3) is 5.91 Å². The van der Waals surface area contributed by atoms with E-state index in [1.165, 1.54) is 0 Å². The Labute approximate surface area is 166 Å². The molecule has 0 aromatic heterocycles. The Hall–Kier alpha value is -2.92. The zero-order chi connectivity index (χ0) is 19.1. The lowest BCUT2D eigenvalue weighted by atomic mass is 9.99. The lowest BCUT2D eigenvalue weighted by Crippen LogP contribution is -2.39. The van der Waals surface area contributed by atoms with Gasteiger partial charge in [-0.05, 0) is 35.4 Å². The van der Waals surface area contributed by atoms with Crippen LogP contribution in [0.5, 0.6) is 0 Å². The van der Waals surface area contributed by atoms with Gasteiger partial charge in [0.05, 0.1) is 12.6 Å². The van der Waals surface area contributed by atoms with Crippen LogP contribution < -0.4 is 10.6 Å². The van der Waals surface area contributed by atoms with Gasteiger partial charge in [-0.2, -0.15) is 0 Å². The minimum Gasteiger partial charge on any atom is -0.344 e. The predicted octanol–water partition coefficient (Wildman–Crippen LogP) is 4.08. The third-order valence-electron chi connectivity index (χ3n) is 4.09. The third-order valence-corrected chi connectivity index (χ3v) is 4.62. The van der Waals surface area contributed by atoms with Crippen LogP contribution in [0.1, 0.15) is 27.5 Å². The Balaban J connectivity index is 1.66. The Morgan fingerprint density at radius 2 is 1.30 bits per heavy atom. The van der Waals surface area contributed by atoms with Gasteiger partial charge in [0.1, 0.15) is 0 Å². The predicted molar refractivity (Wildman–Crippen MR) is 109 cm³/mol. The topological polar surface area (TPSA) is 58.2 Å². The Morgan fingerprint density at radius 1 is 0.778 bits per heavy atom. The average molecular weight is 423 g/mol. The fourth-order valence-corrected chi connectivity index (χ4v) is 2.99. The fraction of sp³-hybridized carbons (Fsp3) is 0.0909. The van der Waals surface area contributed by atoms with E-state index in [2.05, 4.69) is 26.6 Å². The molecule has 0 spiro atoms. The van der Waals surface area contributed by atoms with Crippen molar-refractivity contribution >= 4 is 27.7 Å². The van der Waals surface area contributed by atoms with E-state index in [9.17, 15) is 9.59 Å². The normalized spacial score (nSPS) is 10.4. The van der Waals surface area contributed by atoms with E-state index in [0.29, 0.717) is 5.56 Å². The van der Waals surface area contributed by atoms with Gasteiger partial charge in [-0.1, -0.05) is 76.6 Å². The molecule has 0 fully saturated rings. The summed E-state index contributed by atoms with van der Waals surface area (Å²) in [7, 11) is 0. The van der Waals surface area contributed by atoms with Crippen LogP contribution >= 0.6 is 15.9 Å². The second-order valence-electron chi connectivity index (χ2n) is 6.01. The van der Waals surface area contributed by atoms with Crippen molar-refractivity contribution in [3.8, 4) is 0 Å². The number of amides is 2. The first-order valence-corrected chi connectivity index (χ1v) is 9.36. The van der Waals surface area contributed by atoms with Crippen molar-refractivity contribution in [2.24, 2.45) is 0 Å². The highest BCUT2D eigenvalue weighted by atomic mass is 79.9. The molecule has 3 aromatic carbocycles. The van der Waals surface area contributed by atoms with Crippen molar-refractivity contribution in [1.29, 1.82) is 0 Å². The molecule has 0 saturated heterocycles. The van der Waals surface area contributed by atoms with Crippen molar-refractivity contribution in [2.75, 3.05) is 6.54 Å². The zero-order valence-corrected chi connectivity index (χ0v) is 16.1. The second-order valence-corrected chi connectivity index (χ2v) is 6.93. The Bertz CT molecular complexity index is 857. The van der Waals surface area contributed by atoms with Gasteiger partial charge >= 0.3 is 0 Å². The summed E-state index contributed by atoms with van der Waals surface area (Å²) in [4.78, 5) is 24.6. The number of halogens is 1. The van der Waals surface area contributed by atoms with Crippen molar-refractivity contribution in [2.45, 2.75) is 6.04 Å². The van der Waals surface area contributed by atoms with Gasteiger partial charge in [0, 0.05) is 10.0 Å². The first-order chi connectivity index (χ1) is 13.1. The van der Waals surface area contributed by atoms with Gasteiger partial charge in [-0.25, -0.2) is 0 Å². The molecule has 0 aliphatic rings. The summed E-state index contributed by atoms with van der Waals surface area (Å²) in [6.45, 7) is -0.0922. The molecule has 3 rings (SSSR count). The molecule has 27 heavy (non-hydrogen) atoms. The maximum atomic E-state index is 12.5. The maximum Gasteiger partial charge on any atom is 0.251 e. The van der Waals surface area contributed by atoms with Crippen molar-refractivity contribution in [1.82, 2.24) is 10.6 Å². The summed E-state index contributed by atoms with van der Waals surface area (Å²) in [6.07, 6.45) is 0. The van der Waals surface area contributed by atoms with E-state index in [1.54, 1.807) is 24.3 Å². The molecule has 5 heteroatoms. The van der Waals surface area contributed by atoms with Crippen LogP contribution in [0.4, 0.5) is 0 Å². The summed E-state index contributed by atoms with van der Waals surface area (Å²) in [6, 6.07) is 26.2. The molecular formula is C22H19BrN2O2. The van der Waals surface area contributed by atoms with E-state index < -0.39 is 0 Å². The first kappa shape index (κ1) is 18.9. The minimum absolute atomic E-state index is 0.0922. The number of nitrogens with one attached hydrogen (secondary N) is 2. The van der Waals surface area contributed by atoms with Crippen molar-refractivity contribution in [3.63, 3.8) is 0 Å². The Morgan fingerprint density at radius 3 is 1.81 bits per heavy atom. The smallest absolute Gasteiger partial charge is 0.251 e. The molecule has 2 N–H and O–H groups in total. The molecule has 3 aromatic rings. The highest BCUT2D eigenvalue weighted by molar-refractivity contribution is 9.10. The number of carbonyl (C=O) groups is 2. The summed E-state index contributed by atoms with van der Waals surface area (Å²) >= 11 is 3.33. The zero-order valence-electron chi connectivity index (χ0n) is 14.6. The fourth-order valence-electron chi connectivity index (χ4n) is 2.73. The third kappa shape index (κ3) is 5.28. The number of hydrogen-bond donors (Lipinski definition) is 2. The summed E-state index contributed by atoms with van der Waals surface area (Å²) < 4.78 is 0.894. The number of benzene rings is 3. The highest BCUT2D eigenvalue weighted by Gasteiger charge is 2.17. The van der Waals surface area contributed by atoms with Crippen molar-refractivity contribution < 1.29 is 9.59 Å². The quantitative estimate of drug-likeness (QED) is 0.628. The summed E-state index contributed by atoms with van der Waals surface area (Å²) in [5, 5.41) is 5.66.